The quantitative estimate of drug-likeness (QED) is 0.822. The lowest BCUT2D eigenvalue weighted by atomic mass is 10.1. The van der Waals surface area contributed by atoms with Gasteiger partial charge in [-0.25, -0.2) is 0 Å². The number of rotatable bonds is 6. The molecule has 134 valence electrons. The van der Waals surface area contributed by atoms with Crippen LogP contribution in [0.3, 0.4) is 0 Å². The first-order chi connectivity index (χ1) is 12.0. The lowest BCUT2D eigenvalue weighted by molar-refractivity contribution is 0.0710. The number of hydrogen-bond acceptors (Lipinski definition) is 3. The van der Waals surface area contributed by atoms with E-state index in [9.17, 15) is 9.90 Å². The molecule has 1 saturated heterocycles. The molecule has 1 aromatic heterocycles. The summed E-state index contributed by atoms with van der Waals surface area (Å²) < 4.78 is 2.25. The summed E-state index contributed by atoms with van der Waals surface area (Å²) in [6, 6.07) is 12.5. The predicted octanol–water partition coefficient (Wildman–Crippen LogP) is 2.99. The van der Waals surface area contributed by atoms with Crippen molar-refractivity contribution in [3.05, 3.63) is 58.9 Å². The Bertz CT molecular complexity index is 713. The van der Waals surface area contributed by atoms with Crippen molar-refractivity contribution >= 4 is 5.78 Å². The average Bonchev–Trinajstić information content (AvgIpc) is 2.90. The summed E-state index contributed by atoms with van der Waals surface area (Å²) in [6.45, 7) is 7.08. The second-order valence-corrected chi connectivity index (χ2v) is 7.10. The number of aryl methyl sites for hydroxylation is 2. The Morgan fingerprint density at radius 1 is 1.16 bits per heavy atom. The number of ketones is 1. The molecule has 0 unspecified atom stereocenters. The van der Waals surface area contributed by atoms with Gasteiger partial charge in [0.1, 0.15) is 0 Å². The molecule has 0 amide bonds. The molecule has 1 aliphatic rings. The molecule has 0 bridgehead atoms. The standard InChI is InChI=1S/C21H28N2O2/c1-16-14-20(21(25)15-22-11-9-19(24)10-12-22)17(2)23(16)13-8-18-6-4-3-5-7-18/h3-7,14,19,24H,8-13,15H2,1-2H3. The molecule has 25 heavy (non-hydrogen) atoms. The maximum Gasteiger partial charge on any atom is 0.178 e. The van der Waals surface area contributed by atoms with Crippen LogP contribution in [0.4, 0.5) is 0 Å². The fourth-order valence-corrected chi connectivity index (χ4v) is 3.68. The number of carbonyl (C=O) groups is 1. The number of benzene rings is 1. The first kappa shape index (κ1) is 17.9. The number of piperidine rings is 1. The Labute approximate surface area is 150 Å². The number of Topliss-reactive ketones (excluding diaryl/α,β-unsaturated/α-hetero) is 1. The Hall–Kier alpha value is -1.91. The van der Waals surface area contributed by atoms with Crippen LogP contribution in [0.25, 0.3) is 0 Å². The van der Waals surface area contributed by atoms with Crippen molar-refractivity contribution < 1.29 is 9.90 Å². The first-order valence-electron chi connectivity index (χ1n) is 9.19. The molecule has 0 saturated carbocycles. The zero-order valence-electron chi connectivity index (χ0n) is 15.2. The summed E-state index contributed by atoms with van der Waals surface area (Å²) >= 11 is 0. The SMILES string of the molecule is Cc1cc(C(=O)CN2CCC(O)CC2)c(C)n1CCc1ccccc1. The summed E-state index contributed by atoms with van der Waals surface area (Å²) in [6.07, 6.45) is 2.30. The lowest BCUT2D eigenvalue weighted by Crippen LogP contribution is -2.39. The number of nitrogens with zero attached hydrogens (tertiary/aromatic N) is 2. The molecule has 3 rings (SSSR count). The van der Waals surface area contributed by atoms with E-state index < -0.39 is 0 Å². The monoisotopic (exact) mass is 340 g/mol. The summed E-state index contributed by atoms with van der Waals surface area (Å²) in [7, 11) is 0. The van der Waals surface area contributed by atoms with E-state index in [-0.39, 0.29) is 11.9 Å². The van der Waals surface area contributed by atoms with Crippen molar-refractivity contribution in [2.24, 2.45) is 0 Å². The van der Waals surface area contributed by atoms with E-state index in [1.807, 2.05) is 19.1 Å². The fraction of sp³-hybridized carbons (Fsp3) is 0.476. The Kier molecular flexibility index (Phi) is 5.71. The molecule has 0 spiro atoms. The molecule has 0 atom stereocenters. The van der Waals surface area contributed by atoms with Gasteiger partial charge in [0.15, 0.2) is 5.78 Å². The van der Waals surface area contributed by atoms with Gasteiger partial charge in [0.25, 0.3) is 0 Å². The third-order valence-electron chi connectivity index (χ3n) is 5.27. The van der Waals surface area contributed by atoms with E-state index in [4.69, 9.17) is 0 Å². The second kappa shape index (κ2) is 7.98. The number of carbonyl (C=O) groups excluding carboxylic acids is 1. The van der Waals surface area contributed by atoms with E-state index in [2.05, 4.69) is 40.7 Å². The van der Waals surface area contributed by atoms with Crippen molar-refractivity contribution in [1.29, 1.82) is 0 Å². The van der Waals surface area contributed by atoms with Crippen LogP contribution in [0.2, 0.25) is 0 Å². The predicted molar refractivity (Wildman–Crippen MR) is 100 cm³/mol. The molecule has 1 fully saturated rings. The fourth-order valence-electron chi connectivity index (χ4n) is 3.68. The largest absolute Gasteiger partial charge is 0.393 e. The molecule has 0 aliphatic carbocycles. The van der Waals surface area contributed by atoms with E-state index >= 15 is 0 Å². The number of likely N-dealkylation sites (tertiary alicyclic amines) is 1. The Morgan fingerprint density at radius 2 is 1.84 bits per heavy atom. The maximum absolute atomic E-state index is 12.7. The van der Waals surface area contributed by atoms with Crippen LogP contribution in [0.5, 0.6) is 0 Å². The molecule has 2 heterocycles. The highest BCUT2D eigenvalue weighted by Gasteiger charge is 2.22. The normalized spacial score (nSPS) is 16.3. The van der Waals surface area contributed by atoms with E-state index in [0.717, 1.165) is 55.8 Å². The zero-order valence-corrected chi connectivity index (χ0v) is 15.2. The van der Waals surface area contributed by atoms with Gasteiger partial charge in [0.05, 0.1) is 12.6 Å². The number of aromatic nitrogens is 1. The van der Waals surface area contributed by atoms with Gasteiger partial charge < -0.3 is 9.67 Å². The van der Waals surface area contributed by atoms with Crippen molar-refractivity contribution in [3.8, 4) is 0 Å². The minimum atomic E-state index is -0.200. The van der Waals surface area contributed by atoms with Gasteiger partial charge in [0.2, 0.25) is 0 Å². The summed E-state index contributed by atoms with van der Waals surface area (Å²) in [5, 5.41) is 9.60. The minimum Gasteiger partial charge on any atom is -0.393 e. The van der Waals surface area contributed by atoms with E-state index in [0.29, 0.717) is 6.54 Å². The lowest BCUT2D eigenvalue weighted by Gasteiger charge is -2.28. The molecular weight excluding hydrogens is 312 g/mol. The molecule has 1 aliphatic heterocycles. The summed E-state index contributed by atoms with van der Waals surface area (Å²) in [5.41, 5.74) is 4.37. The highest BCUT2D eigenvalue weighted by molar-refractivity contribution is 5.99. The van der Waals surface area contributed by atoms with Gasteiger partial charge in [-0.15, -0.1) is 0 Å². The van der Waals surface area contributed by atoms with Crippen LogP contribution in [0.1, 0.15) is 40.2 Å². The van der Waals surface area contributed by atoms with Gasteiger partial charge in [0, 0.05) is 36.6 Å². The van der Waals surface area contributed by atoms with Crippen molar-refractivity contribution in [3.63, 3.8) is 0 Å². The first-order valence-corrected chi connectivity index (χ1v) is 9.19. The van der Waals surface area contributed by atoms with E-state index in [1.54, 1.807) is 0 Å². The second-order valence-electron chi connectivity index (χ2n) is 7.10. The third-order valence-corrected chi connectivity index (χ3v) is 5.27. The smallest absolute Gasteiger partial charge is 0.178 e. The third kappa shape index (κ3) is 4.39. The van der Waals surface area contributed by atoms with Crippen LogP contribution < -0.4 is 0 Å². The minimum absolute atomic E-state index is 0.190. The maximum atomic E-state index is 12.7. The molecule has 4 heteroatoms. The van der Waals surface area contributed by atoms with Crippen molar-refractivity contribution in [1.82, 2.24) is 9.47 Å². The molecule has 2 aromatic rings. The average molecular weight is 340 g/mol. The van der Waals surface area contributed by atoms with Crippen molar-refractivity contribution in [2.45, 2.75) is 45.8 Å². The highest BCUT2D eigenvalue weighted by Crippen LogP contribution is 2.18. The molecular formula is C21H28N2O2. The van der Waals surface area contributed by atoms with Gasteiger partial charge in [-0.3, -0.25) is 9.69 Å². The molecule has 0 radical (unpaired) electrons. The van der Waals surface area contributed by atoms with Crippen LogP contribution in [0, 0.1) is 13.8 Å². The van der Waals surface area contributed by atoms with Gasteiger partial charge in [-0.1, -0.05) is 30.3 Å². The molecule has 4 nitrogen and oxygen atoms in total. The number of aliphatic hydroxyl groups is 1. The summed E-state index contributed by atoms with van der Waals surface area (Å²) in [5.74, 6) is 0.190. The van der Waals surface area contributed by atoms with Crippen LogP contribution >= 0.6 is 0 Å². The number of hydrogen-bond donors (Lipinski definition) is 1. The van der Waals surface area contributed by atoms with Gasteiger partial charge in [-0.05, 0) is 44.7 Å². The van der Waals surface area contributed by atoms with Gasteiger partial charge >= 0.3 is 0 Å². The Balaban J connectivity index is 1.65. The Morgan fingerprint density at radius 3 is 2.52 bits per heavy atom. The summed E-state index contributed by atoms with van der Waals surface area (Å²) in [4.78, 5) is 14.9. The topological polar surface area (TPSA) is 45.5 Å². The highest BCUT2D eigenvalue weighted by atomic mass is 16.3. The molecule has 1 aromatic carbocycles. The van der Waals surface area contributed by atoms with Crippen LogP contribution in [0.15, 0.2) is 36.4 Å². The zero-order chi connectivity index (χ0) is 17.8. The van der Waals surface area contributed by atoms with Gasteiger partial charge in [-0.2, -0.15) is 0 Å². The molecule has 1 N–H and O–H groups in total. The van der Waals surface area contributed by atoms with E-state index in [1.165, 1.54) is 5.56 Å². The number of aliphatic hydroxyl groups excluding tert-OH is 1. The van der Waals surface area contributed by atoms with Crippen LogP contribution in [-0.2, 0) is 13.0 Å². The van der Waals surface area contributed by atoms with Crippen molar-refractivity contribution in [2.75, 3.05) is 19.6 Å². The van der Waals surface area contributed by atoms with Crippen LogP contribution in [-0.4, -0.2) is 46.1 Å².